The molecule has 0 bridgehead atoms. The Bertz CT molecular complexity index is 1410. The quantitative estimate of drug-likeness (QED) is 0.447. The van der Waals surface area contributed by atoms with Crippen molar-refractivity contribution >= 4 is 11.7 Å². The molecule has 3 aromatic rings. The van der Waals surface area contributed by atoms with E-state index >= 15 is 0 Å². The van der Waals surface area contributed by atoms with E-state index in [9.17, 15) is 18.4 Å². The van der Waals surface area contributed by atoms with E-state index in [2.05, 4.69) is 15.4 Å². The summed E-state index contributed by atoms with van der Waals surface area (Å²) >= 11 is 0. The summed E-state index contributed by atoms with van der Waals surface area (Å²) in [5, 5.41) is 22.1. The summed E-state index contributed by atoms with van der Waals surface area (Å²) < 4.78 is 33.6. The third-order valence-electron chi connectivity index (χ3n) is 7.36. The second-order valence-corrected chi connectivity index (χ2v) is 10.5. The SMILES string of the molecule is CCc1nc(-c2nnn(C)c2Cn2nc(CC3CC3)n(C)c2=O)ccc1N1CC(CC(=O)O)CC(F)(F)C1. The first-order chi connectivity index (χ1) is 18.0. The summed E-state index contributed by atoms with van der Waals surface area (Å²) in [7, 11) is 3.46. The lowest BCUT2D eigenvalue weighted by Gasteiger charge is -2.39. The molecule has 0 radical (unpaired) electrons. The van der Waals surface area contributed by atoms with E-state index in [1.807, 2.05) is 6.92 Å². The number of carbonyl (C=O) groups is 1. The zero-order valence-corrected chi connectivity index (χ0v) is 21.8. The molecule has 1 aliphatic heterocycles. The smallest absolute Gasteiger partial charge is 0.346 e. The van der Waals surface area contributed by atoms with E-state index in [0.717, 1.165) is 25.1 Å². The molecular formula is C25H32F2N8O3. The van der Waals surface area contributed by atoms with E-state index in [-0.39, 0.29) is 25.2 Å². The van der Waals surface area contributed by atoms with Gasteiger partial charge in [0.15, 0.2) is 0 Å². The number of hydrogen-bond donors (Lipinski definition) is 1. The lowest BCUT2D eigenvalue weighted by Crippen LogP contribution is -2.48. The molecule has 3 aromatic heterocycles. The van der Waals surface area contributed by atoms with Crippen molar-refractivity contribution in [3.63, 3.8) is 0 Å². The Labute approximate surface area is 218 Å². The molecule has 13 heteroatoms. The molecule has 38 heavy (non-hydrogen) atoms. The summed E-state index contributed by atoms with van der Waals surface area (Å²) in [4.78, 5) is 30.3. The molecule has 5 rings (SSSR count). The first kappa shape index (κ1) is 26.0. The average Bonchev–Trinajstić information content (AvgIpc) is 3.55. The van der Waals surface area contributed by atoms with Gasteiger partial charge in [-0.25, -0.2) is 27.9 Å². The highest BCUT2D eigenvalue weighted by atomic mass is 19.3. The van der Waals surface area contributed by atoms with Gasteiger partial charge in [-0.15, -0.1) is 5.10 Å². The van der Waals surface area contributed by atoms with Crippen LogP contribution in [0.15, 0.2) is 16.9 Å². The van der Waals surface area contributed by atoms with E-state index in [1.54, 1.807) is 40.4 Å². The second-order valence-electron chi connectivity index (χ2n) is 10.5. The Morgan fingerprint density at radius 2 is 1.97 bits per heavy atom. The van der Waals surface area contributed by atoms with E-state index in [0.29, 0.717) is 40.8 Å². The highest BCUT2D eigenvalue weighted by Crippen LogP contribution is 2.36. The normalized spacial score (nSPS) is 19.2. The molecule has 204 valence electrons. The van der Waals surface area contributed by atoms with Crippen molar-refractivity contribution in [3.05, 3.63) is 39.8 Å². The molecule has 1 N–H and O–H groups in total. The largest absolute Gasteiger partial charge is 0.481 e. The monoisotopic (exact) mass is 530 g/mol. The van der Waals surface area contributed by atoms with Gasteiger partial charge in [0, 0.05) is 33.5 Å². The highest BCUT2D eigenvalue weighted by molar-refractivity contribution is 5.67. The van der Waals surface area contributed by atoms with Crippen molar-refractivity contribution in [3.8, 4) is 11.4 Å². The third kappa shape index (κ3) is 5.32. The zero-order chi connectivity index (χ0) is 27.2. The van der Waals surface area contributed by atoms with Crippen LogP contribution in [-0.4, -0.2) is 64.4 Å². The van der Waals surface area contributed by atoms with Crippen molar-refractivity contribution < 1.29 is 18.7 Å². The Balaban J connectivity index is 1.44. The fourth-order valence-electron chi connectivity index (χ4n) is 5.24. The van der Waals surface area contributed by atoms with E-state index in [1.165, 1.54) is 4.68 Å². The number of aryl methyl sites for hydroxylation is 2. The number of anilines is 1. The number of alkyl halides is 2. The van der Waals surface area contributed by atoms with Crippen LogP contribution in [0.4, 0.5) is 14.5 Å². The van der Waals surface area contributed by atoms with Crippen LogP contribution < -0.4 is 10.6 Å². The first-order valence-electron chi connectivity index (χ1n) is 12.9. The summed E-state index contributed by atoms with van der Waals surface area (Å²) in [5.41, 5.74) is 2.60. The van der Waals surface area contributed by atoms with Gasteiger partial charge in [0.1, 0.15) is 11.5 Å². The molecule has 1 aliphatic carbocycles. The van der Waals surface area contributed by atoms with Gasteiger partial charge in [0.2, 0.25) is 0 Å². The minimum atomic E-state index is -2.99. The minimum Gasteiger partial charge on any atom is -0.481 e. The Hall–Kier alpha value is -3.64. The number of nitrogens with zero attached hydrogens (tertiary/aromatic N) is 8. The Morgan fingerprint density at radius 3 is 2.66 bits per heavy atom. The second kappa shape index (κ2) is 9.91. The molecule has 0 aromatic carbocycles. The van der Waals surface area contributed by atoms with Crippen LogP contribution in [0, 0.1) is 11.8 Å². The van der Waals surface area contributed by atoms with Crippen LogP contribution in [0.2, 0.25) is 0 Å². The molecule has 1 saturated carbocycles. The fourth-order valence-corrected chi connectivity index (χ4v) is 5.24. The standard InChI is InChI=1S/C25H32F2N8O3/c1-4-17-19(34-12-16(10-22(36)37)11-25(26,27)14-34)8-7-18(28-17)23-20(33(3)31-29-23)13-35-24(38)32(2)21(30-35)9-15-5-6-15/h7-8,15-16H,4-6,9-14H2,1-3H3,(H,36,37). The number of carboxylic acid groups (broad SMARTS) is 1. The van der Waals surface area contributed by atoms with Crippen molar-refractivity contribution in [2.24, 2.45) is 25.9 Å². The van der Waals surface area contributed by atoms with Crippen molar-refractivity contribution in [2.45, 2.75) is 57.9 Å². The maximum absolute atomic E-state index is 14.5. The van der Waals surface area contributed by atoms with Gasteiger partial charge < -0.3 is 10.0 Å². The van der Waals surface area contributed by atoms with Gasteiger partial charge in [-0.3, -0.25) is 9.36 Å². The number of rotatable bonds is 9. The summed E-state index contributed by atoms with van der Waals surface area (Å²) in [6, 6.07) is 3.44. The summed E-state index contributed by atoms with van der Waals surface area (Å²) in [6.45, 7) is 1.78. The maximum atomic E-state index is 14.5. The predicted octanol–water partition coefficient (Wildman–Crippen LogP) is 2.27. The number of piperidine rings is 1. The number of halogens is 2. The van der Waals surface area contributed by atoms with Crippen molar-refractivity contribution in [2.75, 3.05) is 18.0 Å². The molecule has 1 atom stereocenters. The molecule has 2 aliphatic rings. The molecule has 2 fully saturated rings. The molecule has 1 saturated heterocycles. The van der Waals surface area contributed by atoms with Gasteiger partial charge in [0.25, 0.3) is 5.92 Å². The van der Waals surface area contributed by atoms with Gasteiger partial charge in [-0.05, 0) is 43.2 Å². The van der Waals surface area contributed by atoms with Crippen LogP contribution >= 0.6 is 0 Å². The maximum Gasteiger partial charge on any atom is 0.346 e. The lowest BCUT2D eigenvalue weighted by molar-refractivity contribution is -0.139. The number of hydrogen-bond acceptors (Lipinski definition) is 7. The minimum absolute atomic E-state index is 0.163. The van der Waals surface area contributed by atoms with Crippen molar-refractivity contribution in [1.82, 2.24) is 34.3 Å². The van der Waals surface area contributed by atoms with Crippen LogP contribution in [0.1, 0.15) is 49.8 Å². The molecule has 4 heterocycles. The number of aromatic nitrogens is 7. The van der Waals surface area contributed by atoms with Crippen LogP contribution in [0.5, 0.6) is 0 Å². The topological polar surface area (TPSA) is 124 Å². The fraction of sp³-hybridized carbons (Fsp3) is 0.600. The molecular weight excluding hydrogens is 498 g/mol. The summed E-state index contributed by atoms with van der Waals surface area (Å²) in [5.74, 6) is -3.39. The van der Waals surface area contributed by atoms with E-state index in [4.69, 9.17) is 10.1 Å². The third-order valence-corrected chi connectivity index (χ3v) is 7.36. The summed E-state index contributed by atoms with van der Waals surface area (Å²) in [6.07, 6.45) is 2.83. The van der Waals surface area contributed by atoms with Crippen LogP contribution in [0.25, 0.3) is 11.4 Å². The number of pyridine rings is 1. The highest BCUT2D eigenvalue weighted by Gasteiger charge is 2.41. The van der Waals surface area contributed by atoms with E-state index < -0.39 is 30.8 Å². The lowest BCUT2D eigenvalue weighted by atomic mass is 9.91. The van der Waals surface area contributed by atoms with Gasteiger partial charge in [-0.2, -0.15) is 5.10 Å². The molecule has 0 amide bonds. The molecule has 1 unspecified atom stereocenters. The Morgan fingerprint density at radius 1 is 1.21 bits per heavy atom. The first-order valence-corrected chi connectivity index (χ1v) is 12.9. The van der Waals surface area contributed by atoms with Gasteiger partial charge in [-0.1, -0.05) is 12.1 Å². The molecule has 0 spiro atoms. The van der Waals surface area contributed by atoms with Gasteiger partial charge >= 0.3 is 11.7 Å². The van der Waals surface area contributed by atoms with Crippen molar-refractivity contribution in [1.29, 1.82) is 0 Å². The number of carboxylic acids is 1. The molecule has 11 nitrogen and oxygen atoms in total. The number of aliphatic carboxylic acids is 1. The predicted molar refractivity (Wildman–Crippen MR) is 134 cm³/mol. The van der Waals surface area contributed by atoms with Crippen LogP contribution in [0.3, 0.4) is 0 Å². The zero-order valence-electron chi connectivity index (χ0n) is 21.8. The van der Waals surface area contributed by atoms with Crippen LogP contribution in [-0.2, 0) is 38.3 Å². The average molecular weight is 531 g/mol. The van der Waals surface area contributed by atoms with Gasteiger partial charge in [0.05, 0.1) is 42.3 Å². The Kier molecular flexibility index (Phi) is 6.78.